The lowest BCUT2D eigenvalue weighted by molar-refractivity contribution is -0.136. The van der Waals surface area contributed by atoms with Crippen LogP contribution in [-0.4, -0.2) is 35.1 Å². The topological polar surface area (TPSA) is 60.9 Å². The molecule has 2 amide bonds. The minimum absolute atomic E-state index is 0.0943. The standard InChI is InChI=1S/C20H24N2O3/c1-3-21(15-17-10-5-4-6-11-17)20(25)22(14-13-19(23)24)18-12-8-7-9-16(18)2/h4-12H,3,13-15H2,1-2H3,(H,23,24). The molecule has 1 N–H and O–H groups in total. The number of nitrogens with zero attached hydrogens (tertiary/aromatic N) is 2. The Morgan fingerprint density at radius 1 is 1.00 bits per heavy atom. The molecule has 0 aliphatic rings. The summed E-state index contributed by atoms with van der Waals surface area (Å²) >= 11 is 0. The third-order valence-electron chi connectivity index (χ3n) is 4.05. The molecular formula is C20H24N2O3. The third-order valence-corrected chi connectivity index (χ3v) is 4.05. The molecule has 0 saturated heterocycles. The molecule has 0 saturated carbocycles. The van der Waals surface area contributed by atoms with E-state index >= 15 is 0 Å². The van der Waals surface area contributed by atoms with Gasteiger partial charge in [0.05, 0.1) is 6.42 Å². The first-order valence-corrected chi connectivity index (χ1v) is 8.40. The van der Waals surface area contributed by atoms with Crippen LogP contribution in [0.15, 0.2) is 54.6 Å². The fourth-order valence-electron chi connectivity index (χ4n) is 2.68. The molecule has 0 aromatic heterocycles. The highest BCUT2D eigenvalue weighted by atomic mass is 16.4. The highest BCUT2D eigenvalue weighted by Gasteiger charge is 2.23. The van der Waals surface area contributed by atoms with Gasteiger partial charge in [0.2, 0.25) is 0 Å². The number of carboxylic acid groups (broad SMARTS) is 1. The molecule has 5 nitrogen and oxygen atoms in total. The zero-order valence-corrected chi connectivity index (χ0v) is 14.7. The predicted molar refractivity (Wildman–Crippen MR) is 98.7 cm³/mol. The van der Waals surface area contributed by atoms with E-state index in [1.165, 1.54) is 0 Å². The van der Waals surface area contributed by atoms with Crippen LogP contribution in [0.1, 0.15) is 24.5 Å². The van der Waals surface area contributed by atoms with E-state index in [0.29, 0.717) is 13.1 Å². The minimum atomic E-state index is -0.919. The summed E-state index contributed by atoms with van der Waals surface area (Å²) in [6.07, 6.45) is -0.0943. The number of hydrogen-bond acceptors (Lipinski definition) is 2. The van der Waals surface area contributed by atoms with Crippen LogP contribution in [0.2, 0.25) is 0 Å². The summed E-state index contributed by atoms with van der Waals surface area (Å²) in [6.45, 7) is 5.02. The van der Waals surface area contributed by atoms with Gasteiger partial charge >= 0.3 is 12.0 Å². The van der Waals surface area contributed by atoms with Crippen LogP contribution in [0.3, 0.4) is 0 Å². The maximum Gasteiger partial charge on any atom is 0.324 e. The van der Waals surface area contributed by atoms with Crippen LogP contribution in [-0.2, 0) is 11.3 Å². The van der Waals surface area contributed by atoms with Gasteiger partial charge in [0.1, 0.15) is 0 Å². The van der Waals surface area contributed by atoms with Crippen molar-refractivity contribution in [3.63, 3.8) is 0 Å². The molecule has 132 valence electrons. The Bertz CT molecular complexity index is 716. The van der Waals surface area contributed by atoms with Gasteiger partial charge in [-0.3, -0.25) is 9.69 Å². The molecule has 0 heterocycles. The van der Waals surface area contributed by atoms with Crippen LogP contribution in [0, 0.1) is 6.92 Å². The predicted octanol–water partition coefficient (Wildman–Crippen LogP) is 3.92. The van der Waals surface area contributed by atoms with Crippen LogP contribution >= 0.6 is 0 Å². The molecule has 0 unspecified atom stereocenters. The van der Waals surface area contributed by atoms with E-state index in [0.717, 1.165) is 16.8 Å². The van der Waals surface area contributed by atoms with Gasteiger partial charge in [0.15, 0.2) is 0 Å². The highest BCUT2D eigenvalue weighted by Crippen LogP contribution is 2.22. The van der Waals surface area contributed by atoms with Crippen molar-refractivity contribution in [3.8, 4) is 0 Å². The van der Waals surface area contributed by atoms with Gasteiger partial charge in [0, 0.05) is 25.3 Å². The van der Waals surface area contributed by atoms with Crippen molar-refractivity contribution < 1.29 is 14.7 Å². The van der Waals surface area contributed by atoms with Crippen molar-refractivity contribution in [1.82, 2.24) is 4.90 Å². The molecule has 2 aromatic rings. The zero-order chi connectivity index (χ0) is 18.2. The first-order chi connectivity index (χ1) is 12.0. The summed E-state index contributed by atoms with van der Waals surface area (Å²) in [5, 5.41) is 9.04. The second-order valence-corrected chi connectivity index (χ2v) is 5.86. The first kappa shape index (κ1) is 18.5. The first-order valence-electron chi connectivity index (χ1n) is 8.40. The Kier molecular flexibility index (Phi) is 6.57. The van der Waals surface area contributed by atoms with Crippen molar-refractivity contribution in [1.29, 1.82) is 0 Å². The summed E-state index contributed by atoms with van der Waals surface area (Å²) in [5.41, 5.74) is 2.73. The van der Waals surface area contributed by atoms with Crippen molar-refractivity contribution in [3.05, 3.63) is 65.7 Å². The fraction of sp³-hybridized carbons (Fsp3) is 0.300. The largest absolute Gasteiger partial charge is 0.481 e. The smallest absolute Gasteiger partial charge is 0.324 e. The number of rotatable bonds is 7. The van der Waals surface area contributed by atoms with Crippen molar-refractivity contribution in [2.45, 2.75) is 26.8 Å². The van der Waals surface area contributed by atoms with E-state index in [2.05, 4.69) is 0 Å². The molecule has 2 rings (SSSR count). The number of para-hydroxylation sites is 1. The Morgan fingerprint density at radius 3 is 2.24 bits per heavy atom. The summed E-state index contributed by atoms with van der Waals surface area (Å²) in [4.78, 5) is 27.4. The van der Waals surface area contributed by atoms with Gasteiger partial charge in [-0.05, 0) is 31.0 Å². The number of hydrogen-bond donors (Lipinski definition) is 1. The monoisotopic (exact) mass is 340 g/mol. The fourth-order valence-corrected chi connectivity index (χ4v) is 2.68. The van der Waals surface area contributed by atoms with E-state index in [1.807, 2.05) is 68.4 Å². The lowest BCUT2D eigenvalue weighted by atomic mass is 10.1. The van der Waals surface area contributed by atoms with Crippen LogP contribution < -0.4 is 4.90 Å². The van der Waals surface area contributed by atoms with Gasteiger partial charge in [-0.1, -0.05) is 48.5 Å². The number of carboxylic acids is 1. The van der Waals surface area contributed by atoms with Crippen molar-refractivity contribution in [2.75, 3.05) is 18.0 Å². The second-order valence-electron chi connectivity index (χ2n) is 5.86. The van der Waals surface area contributed by atoms with Gasteiger partial charge < -0.3 is 10.0 Å². The zero-order valence-electron chi connectivity index (χ0n) is 14.7. The van der Waals surface area contributed by atoms with E-state index in [9.17, 15) is 9.59 Å². The second kappa shape index (κ2) is 8.87. The van der Waals surface area contributed by atoms with E-state index < -0.39 is 5.97 Å². The Labute approximate surface area is 148 Å². The number of amides is 2. The van der Waals surface area contributed by atoms with E-state index in [1.54, 1.807) is 9.80 Å². The van der Waals surface area contributed by atoms with Gasteiger partial charge in [-0.2, -0.15) is 0 Å². The van der Waals surface area contributed by atoms with Crippen molar-refractivity contribution in [2.24, 2.45) is 0 Å². The molecule has 2 aromatic carbocycles. The molecule has 5 heteroatoms. The lowest BCUT2D eigenvalue weighted by Crippen LogP contribution is -2.44. The summed E-state index contributed by atoms with van der Waals surface area (Å²) in [6, 6.07) is 17.1. The number of aryl methyl sites for hydroxylation is 1. The average molecular weight is 340 g/mol. The molecule has 0 aliphatic carbocycles. The van der Waals surface area contributed by atoms with Crippen LogP contribution in [0.5, 0.6) is 0 Å². The van der Waals surface area contributed by atoms with Crippen LogP contribution in [0.25, 0.3) is 0 Å². The number of carbonyl (C=O) groups is 2. The maximum absolute atomic E-state index is 13.1. The molecule has 0 bridgehead atoms. The van der Waals surface area contributed by atoms with Crippen molar-refractivity contribution >= 4 is 17.7 Å². The number of carbonyl (C=O) groups excluding carboxylic acids is 1. The summed E-state index contributed by atoms with van der Waals surface area (Å²) in [5.74, 6) is -0.919. The number of urea groups is 1. The molecule has 0 radical (unpaired) electrons. The molecule has 25 heavy (non-hydrogen) atoms. The molecular weight excluding hydrogens is 316 g/mol. The maximum atomic E-state index is 13.1. The van der Waals surface area contributed by atoms with Gasteiger partial charge in [0.25, 0.3) is 0 Å². The van der Waals surface area contributed by atoms with E-state index in [-0.39, 0.29) is 19.0 Å². The number of benzene rings is 2. The summed E-state index contributed by atoms with van der Waals surface area (Å²) in [7, 11) is 0. The molecule has 0 aliphatic heterocycles. The SMILES string of the molecule is CCN(Cc1ccccc1)C(=O)N(CCC(=O)O)c1ccccc1C. The quantitative estimate of drug-likeness (QED) is 0.831. The Morgan fingerprint density at radius 2 is 1.64 bits per heavy atom. The van der Waals surface area contributed by atoms with E-state index in [4.69, 9.17) is 5.11 Å². The molecule has 0 atom stereocenters. The molecule has 0 spiro atoms. The summed E-state index contributed by atoms with van der Waals surface area (Å²) < 4.78 is 0. The average Bonchev–Trinajstić information content (AvgIpc) is 2.61. The van der Waals surface area contributed by atoms with Gasteiger partial charge in [-0.25, -0.2) is 4.79 Å². The van der Waals surface area contributed by atoms with Gasteiger partial charge in [-0.15, -0.1) is 0 Å². The number of anilines is 1. The lowest BCUT2D eigenvalue weighted by Gasteiger charge is -2.31. The molecule has 0 fully saturated rings. The Hall–Kier alpha value is -2.82. The third kappa shape index (κ3) is 5.08. The Balaban J connectivity index is 2.26. The van der Waals surface area contributed by atoms with Crippen LogP contribution in [0.4, 0.5) is 10.5 Å². The minimum Gasteiger partial charge on any atom is -0.481 e. The number of aliphatic carboxylic acids is 1. The normalized spacial score (nSPS) is 10.3. The highest BCUT2D eigenvalue weighted by molar-refractivity contribution is 5.93.